The van der Waals surface area contributed by atoms with Gasteiger partial charge in [0.2, 0.25) is 0 Å². The fraction of sp³-hybridized carbons (Fsp3) is 0.500. The van der Waals surface area contributed by atoms with Crippen LogP contribution in [0, 0.1) is 5.92 Å². The van der Waals surface area contributed by atoms with Gasteiger partial charge in [0.1, 0.15) is 12.4 Å². The monoisotopic (exact) mass is 437 g/mol. The molecule has 1 amide bonds. The molecule has 6 heteroatoms. The minimum Gasteiger partial charge on any atom is -0.491 e. The number of hydrogen-bond acceptors (Lipinski definition) is 5. The van der Waals surface area contributed by atoms with Gasteiger partial charge in [0.25, 0.3) is 5.91 Å². The molecule has 2 N–H and O–H groups in total. The van der Waals surface area contributed by atoms with Gasteiger partial charge in [-0.15, -0.1) is 0 Å². The molecule has 172 valence electrons. The van der Waals surface area contributed by atoms with Gasteiger partial charge >= 0.3 is 0 Å². The Bertz CT molecular complexity index is 894. The van der Waals surface area contributed by atoms with Crippen LogP contribution in [0.5, 0.6) is 5.75 Å². The summed E-state index contributed by atoms with van der Waals surface area (Å²) < 4.78 is 11.7. The second kappa shape index (κ2) is 11.5. The number of likely N-dealkylation sites (tertiary alicyclic amines) is 1. The van der Waals surface area contributed by atoms with Crippen LogP contribution >= 0.6 is 0 Å². The molecular weight excluding hydrogens is 402 g/mol. The molecule has 0 aromatic heterocycles. The van der Waals surface area contributed by atoms with Gasteiger partial charge in [-0.05, 0) is 73.8 Å². The summed E-state index contributed by atoms with van der Waals surface area (Å²) in [6.07, 6.45) is 3.00. The highest BCUT2D eigenvalue weighted by Gasteiger charge is 2.18. The summed E-state index contributed by atoms with van der Waals surface area (Å²) in [6.45, 7) is 6.29. The van der Waals surface area contributed by atoms with Gasteiger partial charge in [0.05, 0.1) is 13.2 Å². The number of nitrogens with one attached hydrogen (secondary N) is 2. The van der Waals surface area contributed by atoms with Crippen molar-refractivity contribution < 1.29 is 14.3 Å². The molecule has 0 radical (unpaired) electrons. The number of hydrogen-bond donors (Lipinski definition) is 2. The number of benzene rings is 2. The van der Waals surface area contributed by atoms with E-state index in [1.807, 2.05) is 18.2 Å². The third kappa shape index (κ3) is 6.55. The first-order valence-electron chi connectivity index (χ1n) is 11.8. The molecular formula is C26H35N3O3. The second-order valence-corrected chi connectivity index (χ2v) is 8.91. The average molecular weight is 438 g/mol. The lowest BCUT2D eigenvalue weighted by molar-refractivity contribution is 0.0938. The molecule has 1 fully saturated rings. The van der Waals surface area contributed by atoms with Crippen molar-refractivity contribution in [1.82, 2.24) is 15.5 Å². The third-order valence-electron chi connectivity index (χ3n) is 6.34. The van der Waals surface area contributed by atoms with Gasteiger partial charge < -0.3 is 25.0 Å². The maximum absolute atomic E-state index is 12.9. The van der Waals surface area contributed by atoms with Crippen LogP contribution in [0.15, 0.2) is 42.5 Å². The van der Waals surface area contributed by atoms with Crippen molar-refractivity contribution in [3.8, 4) is 5.75 Å². The number of fused-ring (bicyclic) bond motifs is 3. The summed E-state index contributed by atoms with van der Waals surface area (Å²) in [5.74, 6) is 1.38. The Morgan fingerprint density at radius 3 is 2.81 bits per heavy atom. The summed E-state index contributed by atoms with van der Waals surface area (Å²) in [5, 5.41) is 6.57. The average Bonchev–Trinajstić information content (AvgIpc) is 2.81. The molecule has 0 unspecified atom stereocenters. The van der Waals surface area contributed by atoms with E-state index >= 15 is 0 Å². The number of carbonyl (C=O) groups is 1. The van der Waals surface area contributed by atoms with E-state index in [1.165, 1.54) is 11.1 Å². The zero-order chi connectivity index (χ0) is 22.2. The Morgan fingerprint density at radius 1 is 1.09 bits per heavy atom. The first kappa shape index (κ1) is 22.8. The molecule has 2 aliphatic rings. The van der Waals surface area contributed by atoms with E-state index in [9.17, 15) is 4.79 Å². The highest BCUT2D eigenvalue weighted by molar-refractivity contribution is 5.94. The Hall–Kier alpha value is -2.41. The zero-order valence-electron chi connectivity index (χ0n) is 19.1. The number of carbonyl (C=O) groups excluding carboxylic acids is 1. The number of ether oxygens (including phenoxy) is 2. The molecule has 0 aliphatic carbocycles. The van der Waals surface area contributed by atoms with E-state index < -0.39 is 0 Å². The van der Waals surface area contributed by atoms with Crippen molar-refractivity contribution in [2.45, 2.75) is 25.8 Å². The molecule has 0 saturated carbocycles. The van der Waals surface area contributed by atoms with Crippen LogP contribution in [-0.4, -0.2) is 63.9 Å². The summed E-state index contributed by atoms with van der Waals surface area (Å²) >= 11 is 0. The topological polar surface area (TPSA) is 62.8 Å². The molecule has 2 aliphatic heterocycles. The van der Waals surface area contributed by atoms with Crippen molar-refractivity contribution in [2.24, 2.45) is 5.92 Å². The quantitative estimate of drug-likeness (QED) is 0.773. The normalized spacial score (nSPS) is 18.8. The van der Waals surface area contributed by atoms with Crippen LogP contribution in [-0.2, 0) is 17.7 Å². The van der Waals surface area contributed by atoms with Gasteiger partial charge in [-0.25, -0.2) is 0 Å². The molecule has 6 nitrogen and oxygen atoms in total. The van der Waals surface area contributed by atoms with Crippen LogP contribution in [0.2, 0.25) is 0 Å². The first-order chi connectivity index (χ1) is 15.7. The highest BCUT2D eigenvalue weighted by atomic mass is 16.5. The van der Waals surface area contributed by atoms with E-state index in [-0.39, 0.29) is 5.91 Å². The van der Waals surface area contributed by atoms with Crippen LogP contribution in [0.4, 0.5) is 0 Å². The van der Waals surface area contributed by atoms with Crippen molar-refractivity contribution in [3.05, 3.63) is 64.7 Å². The molecule has 2 bridgehead atoms. The SMILES string of the molecule is CN1CCC(CNC(=O)c2ccc3c(c2)Cc2cccc(c2)CNCCOCCO3)CC1. The number of amides is 1. The molecule has 32 heavy (non-hydrogen) atoms. The second-order valence-electron chi connectivity index (χ2n) is 8.91. The van der Waals surface area contributed by atoms with Crippen LogP contribution in [0.25, 0.3) is 0 Å². The first-order valence-corrected chi connectivity index (χ1v) is 11.8. The molecule has 0 spiro atoms. The maximum atomic E-state index is 12.9. The predicted octanol–water partition coefficient (Wildman–Crippen LogP) is 2.85. The van der Waals surface area contributed by atoms with Crippen molar-refractivity contribution in [1.29, 1.82) is 0 Å². The summed E-state index contributed by atoms with van der Waals surface area (Å²) in [4.78, 5) is 15.2. The van der Waals surface area contributed by atoms with E-state index in [4.69, 9.17) is 9.47 Å². The number of rotatable bonds is 3. The maximum Gasteiger partial charge on any atom is 0.251 e. The minimum absolute atomic E-state index is 0.00702. The summed E-state index contributed by atoms with van der Waals surface area (Å²) in [7, 11) is 2.16. The lowest BCUT2D eigenvalue weighted by Crippen LogP contribution is -2.36. The van der Waals surface area contributed by atoms with Gasteiger partial charge in [0.15, 0.2) is 0 Å². The van der Waals surface area contributed by atoms with E-state index in [1.54, 1.807) is 0 Å². The lowest BCUT2D eigenvalue weighted by atomic mass is 9.97. The molecule has 4 rings (SSSR count). The Labute approximate surface area is 191 Å². The fourth-order valence-corrected chi connectivity index (χ4v) is 4.36. The summed E-state index contributed by atoms with van der Waals surface area (Å²) in [5.41, 5.74) is 4.18. The van der Waals surface area contributed by atoms with Gasteiger partial charge in [-0.3, -0.25) is 4.79 Å². The zero-order valence-corrected chi connectivity index (χ0v) is 19.1. The summed E-state index contributed by atoms with van der Waals surface area (Å²) in [6, 6.07) is 14.4. The lowest BCUT2D eigenvalue weighted by Gasteiger charge is -2.28. The van der Waals surface area contributed by atoms with Gasteiger partial charge in [-0.1, -0.05) is 24.3 Å². The molecule has 1 saturated heterocycles. The largest absolute Gasteiger partial charge is 0.491 e. The van der Waals surface area contributed by atoms with E-state index in [0.29, 0.717) is 31.3 Å². The van der Waals surface area contributed by atoms with Crippen molar-refractivity contribution in [3.63, 3.8) is 0 Å². The molecule has 2 heterocycles. The third-order valence-corrected chi connectivity index (χ3v) is 6.34. The Morgan fingerprint density at radius 2 is 1.94 bits per heavy atom. The van der Waals surface area contributed by atoms with Crippen LogP contribution < -0.4 is 15.4 Å². The standard InChI is InChI=1S/C26H35N3O3/c1-29-10-7-20(8-11-29)19-28-26(30)23-5-6-25-24(17-23)16-21-3-2-4-22(15-21)18-27-9-12-31-13-14-32-25/h2-6,15,17,20,27H,7-14,16,18-19H2,1H3,(H,28,30). The van der Waals surface area contributed by atoms with E-state index in [0.717, 1.165) is 63.3 Å². The highest BCUT2D eigenvalue weighted by Crippen LogP contribution is 2.24. The Balaban J connectivity index is 1.48. The van der Waals surface area contributed by atoms with Gasteiger partial charge in [-0.2, -0.15) is 0 Å². The smallest absolute Gasteiger partial charge is 0.251 e. The predicted molar refractivity (Wildman–Crippen MR) is 126 cm³/mol. The van der Waals surface area contributed by atoms with E-state index in [2.05, 4.69) is 46.8 Å². The van der Waals surface area contributed by atoms with Crippen molar-refractivity contribution >= 4 is 5.91 Å². The van der Waals surface area contributed by atoms with Crippen LogP contribution in [0.3, 0.4) is 0 Å². The number of nitrogens with zero attached hydrogens (tertiary/aromatic N) is 1. The number of piperidine rings is 1. The van der Waals surface area contributed by atoms with Crippen LogP contribution in [0.1, 0.15) is 39.9 Å². The van der Waals surface area contributed by atoms with Gasteiger partial charge in [0, 0.05) is 31.6 Å². The molecule has 0 atom stereocenters. The fourth-order valence-electron chi connectivity index (χ4n) is 4.36. The molecule has 2 aromatic carbocycles. The Kier molecular flexibility index (Phi) is 8.15. The molecule has 2 aromatic rings. The minimum atomic E-state index is -0.00702. The van der Waals surface area contributed by atoms with Crippen molar-refractivity contribution in [2.75, 3.05) is 53.0 Å².